The van der Waals surface area contributed by atoms with Crippen molar-refractivity contribution in [2.45, 2.75) is 43.5 Å². The summed E-state index contributed by atoms with van der Waals surface area (Å²) in [5.74, 6) is 0.463. The van der Waals surface area contributed by atoms with Gasteiger partial charge in [0, 0.05) is 30.0 Å². The fourth-order valence-corrected chi connectivity index (χ4v) is 3.35. The van der Waals surface area contributed by atoms with Crippen LogP contribution in [0.1, 0.15) is 43.1 Å². The van der Waals surface area contributed by atoms with Crippen LogP contribution < -0.4 is 5.32 Å². The smallest absolute Gasteiger partial charge is 0.268 e. The summed E-state index contributed by atoms with van der Waals surface area (Å²) >= 11 is 0. The topological polar surface area (TPSA) is 68.2 Å². The molecule has 7 heteroatoms. The fourth-order valence-electron chi connectivity index (χ4n) is 2.56. The lowest BCUT2D eigenvalue weighted by Crippen LogP contribution is -2.38. The van der Waals surface area contributed by atoms with Gasteiger partial charge in [0.1, 0.15) is 10.6 Å². The molecular formula is C13H19ClN2O3S. The van der Waals surface area contributed by atoms with Gasteiger partial charge in [-0.15, -0.1) is 0 Å². The molecule has 0 aliphatic heterocycles. The SMILES string of the molecule is CC1CCC(NC(=O)c2cc(S(=O)(=O)Cl)cn2C)CC1. The van der Waals surface area contributed by atoms with Gasteiger partial charge in [-0.2, -0.15) is 0 Å². The number of carbonyl (C=O) groups is 1. The summed E-state index contributed by atoms with van der Waals surface area (Å²) in [6, 6.07) is 1.48. The van der Waals surface area contributed by atoms with Crippen LogP contribution in [0, 0.1) is 5.92 Å². The first kappa shape index (κ1) is 15.4. The predicted octanol–water partition coefficient (Wildman–Crippen LogP) is 2.26. The number of rotatable bonds is 3. The van der Waals surface area contributed by atoms with E-state index in [1.165, 1.54) is 16.8 Å². The quantitative estimate of drug-likeness (QED) is 0.869. The van der Waals surface area contributed by atoms with Crippen LogP contribution in [0.25, 0.3) is 0 Å². The zero-order valence-electron chi connectivity index (χ0n) is 11.6. The summed E-state index contributed by atoms with van der Waals surface area (Å²) in [6.07, 6.45) is 5.51. The molecule has 5 nitrogen and oxygen atoms in total. The first-order valence-corrected chi connectivity index (χ1v) is 9.00. The maximum Gasteiger partial charge on any atom is 0.268 e. The molecule has 1 aromatic rings. The lowest BCUT2D eigenvalue weighted by Gasteiger charge is -2.26. The Labute approximate surface area is 123 Å². The first-order chi connectivity index (χ1) is 9.27. The largest absolute Gasteiger partial charge is 0.348 e. The minimum atomic E-state index is -3.81. The molecule has 112 valence electrons. The molecule has 0 bridgehead atoms. The van der Waals surface area contributed by atoms with Gasteiger partial charge in [0.15, 0.2) is 0 Å². The highest BCUT2D eigenvalue weighted by Gasteiger charge is 2.23. The van der Waals surface area contributed by atoms with E-state index in [0.717, 1.165) is 25.7 Å². The number of aromatic nitrogens is 1. The molecule has 1 fully saturated rings. The number of hydrogen-bond acceptors (Lipinski definition) is 3. The summed E-state index contributed by atoms with van der Waals surface area (Å²) in [5, 5.41) is 2.96. The van der Waals surface area contributed by atoms with Gasteiger partial charge in [-0.3, -0.25) is 4.79 Å². The number of halogens is 1. The highest BCUT2D eigenvalue weighted by Crippen LogP contribution is 2.24. The fraction of sp³-hybridized carbons (Fsp3) is 0.615. The standard InChI is InChI=1S/C13H19ClN2O3S/c1-9-3-5-10(6-4-9)15-13(17)12-7-11(8-16(12)2)20(14,18)19/h7-10H,3-6H2,1-2H3,(H,15,17). The molecular weight excluding hydrogens is 300 g/mol. The van der Waals surface area contributed by atoms with E-state index in [0.29, 0.717) is 11.6 Å². The van der Waals surface area contributed by atoms with Crippen molar-refractivity contribution >= 4 is 25.6 Å². The van der Waals surface area contributed by atoms with Crippen molar-refractivity contribution in [3.05, 3.63) is 18.0 Å². The zero-order valence-corrected chi connectivity index (χ0v) is 13.2. The summed E-state index contributed by atoms with van der Waals surface area (Å²) in [6.45, 7) is 2.22. The Kier molecular flexibility index (Phi) is 4.44. The van der Waals surface area contributed by atoms with Crippen molar-refractivity contribution in [1.82, 2.24) is 9.88 Å². The molecule has 0 atom stereocenters. The molecule has 1 N–H and O–H groups in total. The molecule has 0 saturated heterocycles. The third-order valence-electron chi connectivity index (χ3n) is 3.85. The molecule has 1 amide bonds. The number of amides is 1. The molecule has 1 aromatic heterocycles. The lowest BCUT2D eigenvalue weighted by molar-refractivity contribution is 0.0914. The van der Waals surface area contributed by atoms with E-state index in [9.17, 15) is 13.2 Å². The van der Waals surface area contributed by atoms with Crippen LogP contribution in [0.5, 0.6) is 0 Å². The number of hydrogen-bond donors (Lipinski definition) is 1. The Bertz CT molecular complexity index is 601. The molecule has 0 spiro atoms. The summed E-state index contributed by atoms with van der Waals surface area (Å²) in [7, 11) is 3.11. The Hall–Kier alpha value is -1.01. The summed E-state index contributed by atoms with van der Waals surface area (Å²) in [5.41, 5.74) is 0.308. The van der Waals surface area contributed by atoms with Crippen molar-refractivity contribution in [1.29, 1.82) is 0 Å². The van der Waals surface area contributed by atoms with Gasteiger partial charge in [0.05, 0.1) is 0 Å². The second-order valence-corrected chi connectivity index (χ2v) is 8.11. The average molecular weight is 319 g/mol. The Balaban J connectivity index is 2.08. The van der Waals surface area contributed by atoms with Crippen LogP contribution in [0.2, 0.25) is 0 Å². The van der Waals surface area contributed by atoms with Crippen molar-refractivity contribution in [2.75, 3.05) is 0 Å². The predicted molar refractivity (Wildman–Crippen MR) is 77.3 cm³/mol. The van der Waals surface area contributed by atoms with Gasteiger partial charge in [-0.25, -0.2) is 8.42 Å². The Morgan fingerprint density at radius 3 is 2.45 bits per heavy atom. The number of nitrogens with one attached hydrogen (secondary N) is 1. The third-order valence-corrected chi connectivity index (χ3v) is 5.17. The first-order valence-electron chi connectivity index (χ1n) is 6.69. The van der Waals surface area contributed by atoms with E-state index in [4.69, 9.17) is 10.7 Å². The molecule has 1 heterocycles. The normalized spacial score (nSPS) is 23.6. The van der Waals surface area contributed by atoms with Gasteiger partial charge in [0.25, 0.3) is 15.0 Å². The van der Waals surface area contributed by atoms with Crippen LogP contribution in [0.15, 0.2) is 17.2 Å². The number of aryl methyl sites for hydroxylation is 1. The molecule has 1 saturated carbocycles. The van der Waals surface area contributed by atoms with E-state index in [-0.39, 0.29) is 16.8 Å². The third kappa shape index (κ3) is 3.55. The van der Waals surface area contributed by atoms with E-state index < -0.39 is 9.05 Å². The zero-order chi connectivity index (χ0) is 14.9. The van der Waals surface area contributed by atoms with Crippen LogP contribution in [-0.2, 0) is 16.1 Å². The Morgan fingerprint density at radius 1 is 1.35 bits per heavy atom. The second-order valence-electron chi connectivity index (χ2n) is 5.54. The van der Waals surface area contributed by atoms with Crippen molar-refractivity contribution in [2.24, 2.45) is 13.0 Å². The summed E-state index contributed by atoms with van der Waals surface area (Å²) < 4.78 is 24.0. The van der Waals surface area contributed by atoms with Crippen LogP contribution in [0.4, 0.5) is 0 Å². The van der Waals surface area contributed by atoms with Crippen LogP contribution in [0.3, 0.4) is 0 Å². The van der Waals surface area contributed by atoms with Gasteiger partial charge in [-0.05, 0) is 37.7 Å². The minimum absolute atomic E-state index is 0.0518. The minimum Gasteiger partial charge on any atom is -0.348 e. The van der Waals surface area contributed by atoms with Gasteiger partial charge in [-0.1, -0.05) is 6.92 Å². The van der Waals surface area contributed by atoms with Gasteiger partial charge >= 0.3 is 0 Å². The molecule has 1 aliphatic rings. The maximum absolute atomic E-state index is 12.2. The molecule has 1 aliphatic carbocycles. The van der Waals surface area contributed by atoms with Gasteiger partial charge in [0.2, 0.25) is 0 Å². The van der Waals surface area contributed by atoms with Crippen molar-refractivity contribution in [3.63, 3.8) is 0 Å². The molecule has 20 heavy (non-hydrogen) atoms. The molecule has 0 radical (unpaired) electrons. The lowest BCUT2D eigenvalue weighted by atomic mass is 9.87. The second kappa shape index (κ2) is 5.77. The van der Waals surface area contributed by atoms with E-state index >= 15 is 0 Å². The number of nitrogens with zero attached hydrogens (tertiary/aromatic N) is 1. The highest BCUT2D eigenvalue weighted by molar-refractivity contribution is 8.13. The van der Waals surface area contributed by atoms with Crippen molar-refractivity contribution in [3.8, 4) is 0 Å². The maximum atomic E-state index is 12.2. The highest BCUT2D eigenvalue weighted by atomic mass is 35.7. The van der Waals surface area contributed by atoms with E-state index in [1.807, 2.05) is 0 Å². The summed E-state index contributed by atoms with van der Waals surface area (Å²) in [4.78, 5) is 12.1. The molecule has 2 rings (SSSR count). The number of carbonyl (C=O) groups excluding carboxylic acids is 1. The van der Waals surface area contributed by atoms with E-state index in [2.05, 4.69) is 12.2 Å². The van der Waals surface area contributed by atoms with Crippen molar-refractivity contribution < 1.29 is 13.2 Å². The molecule has 0 unspecified atom stereocenters. The van der Waals surface area contributed by atoms with E-state index in [1.54, 1.807) is 7.05 Å². The van der Waals surface area contributed by atoms with Crippen LogP contribution in [-0.4, -0.2) is 24.9 Å². The monoisotopic (exact) mass is 318 g/mol. The van der Waals surface area contributed by atoms with Gasteiger partial charge < -0.3 is 9.88 Å². The molecule has 0 aromatic carbocycles. The Morgan fingerprint density at radius 2 is 1.95 bits per heavy atom. The average Bonchev–Trinajstić information content (AvgIpc) is 2.74. The van der Waals surface area contributed by atoms with Crippen LogP contribution >= 0.6 is 10.7 Å².